The Kier molecular flexibility index (Phi) is 14.1. The van der Waals surface area contributed by atoms with Gasteiger partial charge in [0.1, 0.15) is 61.0 Å². The second kappa shape index (κ2) is 18.3. The number of carbonyl (C=O) groups excluding carboxylic acids is 2. The van der Waals surface area contributed by atoms with Crippen LogP contribution < -0.4 is 0 Å². The van der Waals surface area contributed by atoms with Gasteiger partial charge in [0.15, 0.2) is 18.7 Å². The number of hydrogen-bond donors (Lipinski definition) is 9. The number of carbonyl (C=O) groups is 2. The molecule has 67 heavy (non-hydrogen) atoms. The third-order valence-electron chi connectivity index (χ3n) is 19.2. The van der Waals surface area contributed by atoms with Gasteiger partial charge in [-0.15, -0.1) is 0 Å². The first-order valence-corrected chi connectivity index (χ1v) is 24.6. The van der Waals surface area contributed by atoms with E-state index in [9.17, 15) is 55.5 Å². The summed E-state index contributed by atoms with van der Waals surface area (Å²) < 4.78 is 41.9. The lowest BCUT2D eigenvalue weighted by atomic mass is 9.33. The number of ether oxygens (including phenoxy) is 7. The lowest BCUT2D eigenvalue weighted by Crippen LogP contribution is -2.66. The Bertz CT molecular complexity index is 1860. The SMILES string of the molecule is CC(=O)O[C@H]1[C@H](O[C@H]2CC[C@@]3(C)C(CC[C@]4(C)[C@@H]3CC=C3C5CC(C)(C)CC[C@]5(C(=O)O[C@@H]5O[C@H](CO)[C@@H](O)[C@H](O)[C@H]5O)CC[C@]34C)C2(C)C)OC[C@H](O)[C@@H]1O[C@@H]1O[C@H](CO)[C@@H](O)[C@H](O)[C@H]1O. The van der Waals surface area contributed by atoms with E-state index in [0.717, 1.165) is 44.9 Å². The van der Waals surface area contributed by atoms with Gasteiger partial charge in [-0.25, -0.2) is 0 Å². The summed E-state index contributed by atoms with van der Waals surface area (Å²) >= 11 is 0. The van der Waals surface area contributed by atoms with Crippen molar-refractivity contribution in [1.82, 2.24) is 0 Å². The number of aliphatic hydroxyl groups is 9. The van der Waals surface area contributed by atoms with E-state index in [-0.39, 0.29) is 52.1 Å². The predicted molar refractivity (Wildman–Crippen MR) is 234 cm³/mol. The van der Waals surface area contributed by atoms with E-state index >= 15 is 0 Å². The Morgan fingerprint density at radius 3 is 1.91 bits per heavy atom. The van der Waals surface area contributed by atoms with E-state index in [0.29, 0.717) is 19.3 Å². The van der Waals surface area contributed by atoms with E-state index in [1.165, 1.54) is 12.5 Å². The number of hydrogen-bond acceptors (Lipinski definition) is 18. The first-order chi connectivity index (χ1) is 31.3. The lowest BCUT2D eigenvalue weighted by Gasteiger charge is -2.71. The minimum atomic E-state index is -1.75. The third kappa shape index (κ3) is 8.35. The van der Waals surface area contributed by atoms with E-state index in [2.05, 4.69) is 54.5 Å². The molecule has 8 rings (SSSR count). The molecule has 3 heterocycles. The summed E-state index contributed by atoms with van der Waals surface area (Å²) in [6.07, 6.45) is -11.1. The van der Waals surface area contributed by atoms with Gasteiger partial charge in [0.2, 0.25) is 6.29 Å². The van der Waals surface area contributed by atoms with Crippen molar-refractivity contribution < 1.29 is 88.7 Å². The molecule has 8 aliphatic rings. The minimum absolute atomic E-state index is 0.0544. The van der Waals surface area contributed by atoms with Gasteiger partial charge in [0.25, 0.3) is 0 Å². The Balaban J connectivity index is 1.03. The van der Waals surface area contributed by atoms with Gasteiger partial charge in [0, 0.05) is 6.92 Å². The average Bonchev–Trinajstić information content (AvgIpc) is 3.26. The smallest absolute Gasteiger partial charge is 0.315 e. The van der Waals surface area contributed by atoms with Gasteiger partial charge in [-0.05, 0) is 109 Å². The monoisotopic (exact) mass is 955 g/mol. The molecule has 3 saturated heterocycles. The molecule has 9 N–H and O–H groups in total. The third-order valence-corrected chi connectivity index (χ3v) is 19.2. The van der Waals surface area contributed by atoms with Crippen LogP contribution in [0.25, 0.3) is 0 Å². The molecule has 7 fully saturated rings. The second-order valence-corrected chi connectivity index (χ2v) is 23.6. The van der Waals surface area contributed by atoms with Crippen molar-refractivity contribution in [3.8, 4) is 0 Å². The van der Waals surface area contributed by atoms with Crippen LogP contribution in [0.4, 0.5) is 0 Å². The fourth-order valence-corrected chi connectivity index (χ4v) is 15.1. The van der Waals surface area contributed by atoms with Gasteiger partial charge >= 0.3 is 11.9 Å². The second-order valence-electron chi connectivity index (χ2n) is 23.6. The fourth-order valence-electron chi connectivity index (χ4n) is 15.1. The Hall–Kier alpha value is -1.88. The summed E-state index contributed by atoms with van der Waals surface area (Å²) in [4.78, 5) is 27.3. The van der Waals surface area contributed by atoms with Gasteiger partial charge in [-0.3, -0.25) is 9.59 Å². The molecule has 0 amide bonds. The summed E-state index contributed by atoms with van der Waals surface area (Å²) in [6.45, 7) is 15.8. The van der Waals surface area contributed by atoms with Crippen LogP contribution in [0.1, 0.15) is 120 Å². The van der Waals surface area contributed by atoms with Crippen LogP contribution in [-0.2, 0) is 42.7 Å². The normalized spacial score (nSPS) is 51.4. The first kappa shape index (κ1) is 51.5. The summed E-state index contributed by atoms with van der Waals surface area (Å²) in [6, 6.07) is 0. The Morgan fingerprint density at radius 1 is 0.672 bits per heavy atom. The number of fused-ring (bicyclic) bond motifs is 7. The highest BCUT2D eigenvalue weighted by molar-refractivity contribution is 5.79. The number of allylic oxidation sites excluding steroid dienone is 2. The van der Waals surface area contributed by atoms with E-state index in [1.807, 2.05) is 0 Å². The van der Waals surface area contributed by atoms with Crippen LogP contribution in [0.5, 0.6) is 0 Å². The van der Waals surface area contributed by atoms with Crippen molar-refractivity contribution >= 4 is 11.9 Å². The molecular formula is C49H78O18. The maximum atomic E-state index is 14.7. The summed E-state index contributed by atoms with van der Waals surface area (Å²) in [7, 11) is 0. The summed E-state index contributed by atoms with van der Waals surface area (Å²) in [5, 5.41) is 94.0. The van der Waals surface area contributed by atoms with Crippen molar-refractivity contribution in [1.29, 1.82) is 0 Å². The van der Waals surface area contributed by atoms with Gasteiger partial charge < -0.3 is 79.1 Å². The van der Waals surface area contributed by atoms with Crippen molar-refractivity contribution in [3.05, 3.63) is 11.6 Å². The largest absolute Gasteiger partial charge is 0.454 e. The molecule has 0 aromatic rings. The summed E-state index contributed by atoms with van der Waals surface area (Å²) in [5.41, 5.74) is -0.589. The number of rotatable bonds is 9. The quantitative estimate of drug-likeness (QED) is 0.0896. The molecule has 5 aliphatic carbocycles. The van der Waals surface area contributed by atoms with Crippen LogP contribution in [0, 0.1) is 50.2 Å². The predicted octanol–water partition coefficient (Wildman–Crippen LogP) is 1.35. The zero-order chi connectivity index (χ0) is 49.0. The van der Waals surface area contributed by atoms with Crippen LogP contribution in [0.3, 0.4) is 0 Å². The molecule has 0 bridgehead atoms. The maximum absolute atomic E-state index is 14.7. The summed E-state index contributed by atoms with van der Waals surface area (Å²) in [5.74, 6) is -0.834. The highest BCUT2D eigenvalue weighted by Gasteiger charge is 2.70. The molecule has 2 unspecified atom stereocenters. The van der Waals surface area contributed by atoms with Gasteiger partial charge in [-0.1, -0.05) is 60.1 Å². The maximum Gasteiger partial charge on any atom is 0.315 e. The first-order valence-electron chi connectivity index (χ1n) is 24.6. The average molecular weight is 955 g/mol. The van der Waals surface area contributed by atoms with Crippen molar-refractivity contribution in [2.24, 2.45) is 50.2 Å². The molecule has 18 heteroatoms. The van der Waals surface area contributed by atoms with Gasteiger partial charge in [-0.2, -0.15) is 0 Å². The number of aliphatic hydroxyl groups excluding tert-OH is 9. The van der Waals surface area contributed by atoms with Crippen molar-refractivity contribution in [2.75, 3.05) is 19.8 Å². The van der Waals surface area contributed by atoms with E-state index in [4.69, 9.17) is 33.2 Å². The number of esters is 2. The fraction of sp³-hybridized carbons (Fsp3) is 0.918. The van der Waals surface area contributed by atoms with E-state index in [1.54, 1.807) is 0 Å². The van der Waals surface area contributed by atoms with Crippen LogP contribution in [0.2, 0.25) is 0 Å². The molecule has 4 saturated carbocycles. The lowest BCUT2D eigenvalue weighted by molar-refractivity contribution is -0.357. The van der Waals surface area contributed by atoms with Crippen LogP contribution in [-0.4, -0.2) is 170 Å². The molecule has 18 nitrogen and oxygen atoms in total. The van der Waals surface area contributed by atoms with Crippen molar-refractivity contribution in [2.45, 2.75) is 212 Å². The molecule has 3 aliphatic heterocycles. The Labute approximate surface area is 393 Å². The van der Waals surface area contributed by atoms with Gasteiger partial charge in [0.05, 0.1) is 31.3 Å². The molecule has 0 spiro atoms. The molecule has 0 aromatic carbocycles. The molecule has 382 valence electrons. The zero-order valence-corrected chi connectivity index (χ0v) is 40.4. The Morgan fingerprint density at radius 2 is 1.28 bits per heavy atom. The topological polar surface area (TPSA) is 281 Å². The van der Waals surface area contributed by atoms with Crippen molar-refractivity contribution in [3.63, 3.8) is 0 Å². The zero-order valence-electron chi connectivity index (χ0n) is 40.4. The minimum Gasteiger partial charge on any atom is -0.454 e. The molecule has 0 radical (unpaired) electrons. The van der Waals surface area contributed by atoms with E-state index < -0.39 is 122 Å². The molecular weight excluding hydrogens is 877 g/mol. The van der Waals surface area contributed by atoms with Crippen LogP contribution in [0.15, 0.2) is 11.6 Å². The molecule has 22 atom stereocenters. The highest BCUT2D eigenvalue weighted by atomic mass is 16.7. The highest BCUT2D eigenvalue weighted by Crippen LogP contribution is 2.76. The standard InChI is InChI=1S/C49H78O18/c1-23(52)62-39-38(66-40-36(58)34(56)32(54)27(20-50)63-40)26(53)22-61-42(39)65-31-12-13-46(6)29(45(31,4)5)11-14-48(8)30(46)10-9-24-25-19-44(2,3)15-17-49(25,18-16-47(24,48)7)43(60)67-41-37(59)35(57)33(55)28(21-51)64-41/h9,25-42,50-51,53-59H,10-22H2,1-8H3/t25?,26-,27+,28+,29?,30+,31-,32+,33+,34-,35-,36+,37+,38-,39+,40-,41-,42-,46-,47+,48+,49-/m0/s1. The molecule has 0 aromatic heterocycles. The van der Waals surface area contributed by atoms with Crippen LogP contribution >= 0.6 is 0 Å².